The molecular weight excluding hydrogens is 580 g/mol. The molecule has 0 saturated carbocycles. The van der Waals surface area contributed by atoms with Crippen molar-refractivity contribution in [3.8, 4) is 22.6 Å². The maximum Gasteiger partial charge on any atom is 0.187 e. The molecule has 2 heterocycles. The highest BCUT2D eigenvalue weighted by atomic mass is 16.5. The summed E-state index contributed by atoms with van der Waals surface area (Å²) in [5, 5.41) is 2.28. The lowest BCUT2D eigenvalue weighted by atomic mass is 9.71. The molecule has 1 fully saturated rings. The quantitative estimate of drug-likeness (QED) is 0.178. The van der Waals surface area contributed by atoms with Crippen LogP contribution < -0.4 is 14.4 Å². The van der Waals surface area contributed by atoms with Crippen LogP contribution in [0.5, 0.6) is 11.5 Å². The van der Waals surface area contributed by atoms with E-state index in [-0.39, 0.29) is 5.41 Å². The molecule has 0 N–H and O–H groups in total. The van der Waals surface area contributed by atoms with Crippen LogP contribution in [0.2, 0.25) is 0 Å². The molecule has 3 aliphatic rings. The molecular formula is C42H38N2O3. The molecule has 5 aromatic carbocycles. The number of nitrogens with zero attached hydrogens (tertiary/aromatic N) is 2. The molecule has 8 rings (SSSR count). The third-order valence-corrected chi connectivity index (χ3v) is 10.7. The van der Waals surface area contributed by atoms with Crippen molar-refractivity contribution in [2.24, 2.45) is 0 Å². The van der Waals surface area contributed by atoms with E-state index in [0.717, 1.165) is 72.7 Å². The standard InChI is InChI=1S/C42H38N2O3/c1-5-41(6-2)37-27-30(43-3)15-20-35(37)38-33-9-7-8-10-34(33)40-36(39(38)41)21-22-42(47-40,29-13-18-32(45-4)19-14-29)28-11-16-31(17-12-28)44-23-25-46-26-24-44/h7-22,27H,5-6,23-26H2,1-2,4H3. The number of anilines is 1. The molecule has 5 heteroatoms. The summed E-state index contributed by atoms with van der Waals surface area (Å²) in [4.78, 5) is 6.20. The first-order valence-electron chi connectivity index (χ1n) is 16.6. The largest absolute Gasteiger partial charge is 0.497 e. The first-order valence-corrected chi connectivity index (χ1v) is 16.6. The number of fused-ring (bicyclic) bond motifs is 8. The monoisotopic (exact) mass is 618 g/mol. The van der Waals surface area contributed by atoms with Crippen molar-refractivity contribution in [2.75, 3.05) is 38.3 Å². The van der Waals surface area contributed by atoms with Gasteiger partial charge in [-0.05, 0) is 70.8 Å². The Morgan fingerprint density at radius 2 is 1.53 bits per heavy atom. The normalized spacial score (nSPS) is 19.0. The molecule has 0 bridgehead atoms. The highest BCUT2D eigenvalue weighted by Gasteiger charge is 2.46. The minimum absolute atomic E-state index is 0.229. The first-order chi connectivity index (χ1) is 23.1. The van der Waals surface area contributed by atoms with Crippen LogP contribution in [0.25, 0.3) is 32.8 Å². The fourth-order valence-electron chi connectivity index (χ4n) is 8.26. The average Bonchev–Trinajstić information content (AvgIpc) is 3.45. The van der Waals surface area contributed by atoms with Gasteiger partial charge in [-0.1, -0.05) is 86.7 Å². The highest BCUT2D eigenvalue weighted by Crippen LogP contribution is 2.60. The summed E-state index contributed by atoms with van der Waals surface area (Å²) < 4.78 is 18.7. The van der Waals surface area contributed by atoms with E-state index in [1.54, 1.807) is 7.11 Å². The van der Waals surface area contributed by atoms with Crippen molar-refractivity contribution in [2.45, 2.75) is 37.7 Å². The van der Waals surface area contributed by atoms with Gasteiger partial charge in [-0.25, -0.2) is 4.85 Å². The van der Waals surface area contributed by atoms with Crippen LogP contribution >= 0.6 is 0 Å². The van der Waals surface area contributed by atoms with Gasteiger partial charge in [-0.15, -0.1) is 0 Å². The van der Waals surface area contributed by atoms with Crippen LogP contribution in [-0.4, -0.2) is 33.4 Å². The van der Waals surface area contributed by atoms with Gasteiger partial charge in [-0.2, -0.15) is 0 Å². The number of methoxy groups -OCH3 is 1. The zero-order valence-corrected chi connectivity index (χ0v) is 27.2. The van der Waals surface area contributed by atoms with Crippen molar-refractivity contribution < 1.29 is 14.2 Å². The molecule has 1 unspecified atom stereocenters. The van der Waals surface area contributed by atoms with Gasteiger partial charge in [0.1, 0.15) is 11.5 Å². The van der Waals surface area contributed by atoms with E-state index in [1.165, 1.54) is 33.3 Å². The van der Waals surface area contributed by atoms with Crippen molar-refractivity contribution in [3.63, 3.8) is 0 Å². The van der Waals surface area contributed by atoms with Crippen LogP contribution in [0, 0.1) is 6.57 Å². The second-order valence-corrected chi connectivity index (χ2v) is 12.7. The molecule has 1 aliphatic carbocycles. The summed E-state index contributed by atoms with van der Waals surface area (Å²) >= 11 is 0. The Balaban J connectivity index is 1.37. The van der Waals surface area contributed by atoms with E-state index in [1.807, 2.05) is 18.2 Å². The number of morpholine rings is 1. The smallest absolute Gasteiger partial charge is 0.187 e. The van der Waals surface area contributed by atoms with E-state index in [2.05, 4.69) is 109 Å². The van der Waals surface area contributed by atoms with Crippen LogP contribution in [-0.2, 0) is 15.8 Å². The van der Waals surface area contributed by atoms with Gasteiger partial charge < -0.3 is 19.1 Å². The molecule has 5 nitrogen and oxygen atoms in total. The van der Waals surface area contributed by atoms with E-state index in [9.17, 15) is 0 Å². The van der Waals surface area contributed by atoms with E-state index < -0.39 is 5.60 Å². The van der Waals surface area contributed by atoms with Crippen molar-refractivity contribution in [1.29, 1.82) is 0 Å². The molecule has 5 aromatic rings. The second kappa shape index (κ2) is 11.3. The number of hydrogen-bond acceptors (Lipinski definition) is 4. The summed E-state index contributed by atoms with van der Waals surface area (Å²) in [5.41, 5.74) is 9.10. The fourth-order valence-corrected chi connectivity index (χ4v) is 8.26. The van der Waals surface area contributed by atoms with E-state index in [0.29, 0.717) is 5.69 Å². The van der Waals surface area contributed by atoms with Gasteiger partial charge in [-0.3, -0.25) is 0 Å². The highest BCUT2D eigenvalue weighted by molar-refractivity contribution is 6.08. The zero-order valence-electron chi connectivity index (χ0n) is 27.2. The van der Waals surface area contributed by atoms with Crippen LogP contribution in [0.1, 0.15) is 54.5 Å². The SMILES string of the molecule is [C-]#[N+]c1ccc2c(c1)C(CC)(CC)c1c3c(c4ccccc4c1-2)OC(c1ccc(OC)cc1)(c1ccc(N2CCOCC2)cc1)C=C3. The summed E-state index contributed by atoms with van der Waals surface area (Å²) in [6, 6.07) is 32.0. The van der Waals surface area contributed by atoms with Gasteiger partial charge in [0.05, 0.1) is 26.9 Å². The molecule has 234 valence electrons. The number of rotatable bonds is 6. The predicted octanol–water partition coefficient (Wildman–Crippen LogP) is 9.67. The molecule has 0 spiro atoms. The lowest BCUT2D eigenvalue weighted by Gasteiger charge is -2.39. The van der Waals surface area contributed by atoms with Gasteiger partial charge in [0.25, 0.3) is 0 Å². The predicted molar refractivity (Wildman–Crippen MR) is 190 cm³/mol. The molecule has 47 heavy (non-hydrogen) atoms. The van der Waals surface area contributed by atoms with E-state index in [4.69, 9.17) is 20.8 Å². The Morgan fingerprint density at radius 1 is 0.851 bits per heavy atom. The number of ether oxygens (including phenoxy) is 3. The van der Waals surface area contributed by atoms with E-state index >= 15 is 0 Å². The van der Waals surface area contributed by atoms with Crippen LogP contribution in [0.15, 0.2) is 97.1 Å². The molecule has 1 atom stereocenters. The van der Waals surface area contributed by atoms with Crippen molar-refractivity contribution in [3.05, 3.63) is 136 Å². The Labute approximate surface area is 276 Å². The molecule has 0 amide bonds. The van der Waals surface area contributed by atoms with Gasteiger partial charge >= 0.3 is 0 Å². The lowest BCUT2D eigenvalue weighted by molar-refractivity contribution is 0.122. The second-order valence-electron chi connectivity index (χ2n) is 12.7. The lowest BCUT2D eigenvalue weighted by Crippen LogP contribution is -2.37. The number of benzene rings is 5. The Kier molecular flexibility index (Phi) is 7.08. The summed E-state index contributed by atoms with van der Waals surface area (Å²) in [5.74, 6) is 1.71. The fraction of sp³-hybridized carbons (Fsp3) is 0.262. The summed E-state index contributed by atoms with van der Waals surface area (Å²) in [6.45, 7) is 15.6. The Morgan fingerprint density at radius 3 is 2.19 bits per heavy atom. The van der Waals surface area contributed by atoms with Crippen LogP contribution in [0.4, 0.5) is 11.4 Å². The van der Waals surface area contributed by atoms with Gasteiger partial charge in [0, 0.05) is 46.3 Å². The third kappa shape index (κ3) is 4.32. The summed E-state index contributed by atoms with van der Waals surface area (Å²) in [6.07, 6.45) is 6.41. The summed E-state index contributed by atoms with van der Waals surface area (Å²) in [7, 11) is 1.70. The average molecular weight is 619 g/mol. The number of hydrogen-bond donors (Lipinski definition) is 0. The first kappa shape index (κ1) is 29.4. The third-order valence-electron chi connectivity index (χ3n) is 10.7. The molecule has 2 aliphatic heterocycles. The minimum atomic E-state index is -0.858. The molecule has 0 aromatic heterocycles. The van der Waals surface area contributed by atoms with Gasteiger partial charge in [0.2, 0.25) is 0 Å². The maximum atomic E-state index is 7.78. The zero-order chi connectivity index (χ0) is 32.2. The Bertz CT molecular complexity index is 2060. The minimum Gasteiger partial charge on any atom is -0.497 e. The van der Waals surface area contributed by atoms with Crippen molar-refractivity contribution in [1.82, 2.24) is 0 Å². The van der Waals surface area contributed by atoms with Crippen LogP contribution in [0.3, 0.4) is 0 Å². The maximum absolute atomic E-state index is 7.78. The van der Waals surface area contributed by atoms with Crippen molar-refractivity contribution >= 4 is 28.2 Å². The molecule has 0 radical (unpaired) electrons. The topological polar surface area (TPSA) is 35.3 Å². The Hall–Kier alpha value is -5.05. The van der Waals surface area contributed by atoms with Gasteiger partial charge in [0.15, 0.2) is 11.3 Å². The molecule has 1 saturated heterocycles.